The predicted molar refractivity (Wildman–Crippen MR) is 142 cm³/mol. The van der Waals surface area contributed by atoms with Crippen molar-refractivity contribution in [3.63, 3.8) is 0 Å². The van der Waals surface area contributed by atoms with E-state index in [0.717, 1.165) is 0 Å². The van der Waals surface area contributed by atoms with Crippen LogP contribution >= 0.6 is 0 Å². The van der Waals surface area contributed by atoms with E-state index in [0.29, 0.717) is 17.1 Å². The molecule has 0 fully saturated rings. The van der Waals surface area contributed by atoms with Gasteiger partial charge in [-0.2, -0.15) is 4.31 Å². The van der Waals surface area contributed by atoms with Gasteiger partial charge in [-0.1, -0.05) is 12.2 Å². The fourth-order valence-electron chi connectivity index (χ4n) is 3.36. The lowest BCUT2D eigenvalue weighted by atomic mass is 10.2. The van der Waals surface area contributed by atoms with Gasteiger partial charge >= 0.3 is 0 Å². The first-order chi connectivity index (χ1) is 17.5. The van der Waals surface area contributed by atoms with E-state index in [1.807, 2.05) is 0 Å². The molecule has 194 valence electrons. The fourth-order valence-corrected chi connectivity index (χ4v) is 5.68. The Morgan fingerprint density at radius 2 is 1.38 bits per heavy atom. The molecule has 12 heteroatoms. The molecule has 0 atom stereocenters. The molecule has 0 aliphatic carbocycles. The Kier molecular flexibility index (Phi) is 8.58. The highest BCUT2D eigenvalue weighted by Gasteiger charge is 2.23. The van der Waals surface area contributed by atoms with E-state index >= 15 is 0 Å². The Morgan fingerprint density at radius 3 is 1.89 bits per heavy atom. The number of hydrogen-bond acceptors (Lipinski definition) is 7. The van der Waals surface area contributed by atoms with Gasteiger partial charge in [0.05, 0.1) is 9.79 Å². The van der Waals surface area contributed by atoms with Gasteiger partial charge in [-0.25, -0.2) is 31.5 Å². The number of carbonyl (C=O) groups is 1. The molecule has 10 nitrogen and oxygen atoms in total. The molecule has 1 aromatic heterocycles. The molecule has 2 aromatic carbocycles. The number of nitrogens with one attached hydrogen (secondary N) is 2. The summed E-state index contributed by atoms with van der Waals surface area (Å²) in [5.41, 5.74) is 1.83. The number of rotatable bonds is 11. The number of amides is 1. The zero-order chi connectivity index (χ0) is 27.2. The number of aryl methyl sites for hydroxylation is 2. The maximum Gasteiger partial charge on any atom is 0.264 e. The average molecular weight is 542 g/mol. The molecule has 3 aromatic rings. The summed E-state index contributed by atoms with van der Waals surface area (Å²) in [4.78, 5) is 20.8. The Hall–Kier alpha value is -3.87. The van der Waals surface area contributed by atoms with E-state index in [-0.39, 0.29) is 34.4 Å². The molecular weight excluding hydrogens is 514 g/mol. The quantitative estimate of drug-likeness (QED) is 0.354. The lowest BCUT2D eigenvalue weighted by Gasteiger charge is -2.19. The SMILES string of the molecule is C=CCN(CC=C)S(=O)(=O)c1ccc(C(=O)Nc2ccc(S(=O)(=O)Nc3nc(C)cc(C)n3)cc2)cc1. The van der Waals surface area contributed by atoms with Crippen LogP contribution in [-0.4, -0.2) is 50.1 Å². The number of hydrogen-bond donors (Lipinski definition) is 2. The third-order valence-corrected chi connectivity index (χ3v) is 8.24. The van der Waals surface area contributed by atoms with E-state index < -0.39 is 26.0 Å². The van der Waals surface area contributed by atoms with Crippen LogP contribution in [0, 0.1) is 13.8 Å². The summed E-state index contributed by atoms with van der Waals surface area (Å²) in [7, 11) is -7.73. The van der Waals surface area contributed by atoms with Gasteiger partial charge in [0.15, 0.2) is 0 Å². The minimum atomic E-state index is -3.94. The Morgan fingerprint density at radius 1 is 0.865 bits per heavy atom. The first-order valence-electron chi connectivity index (χ1n) is 11.0. The van der Waals surface area contributed by atoms with Crippen LogP contribution in [-0.2, 0) is 20.0 Å². The van der Waals surface area contributed by atoms with Crippen LogP contribution in [0.5, 0.6) is 0 Å². The van der Waals surface area contributed by atoms with Crippen molar-refractivity contribution in [2.75, 3.05) is 23.1 Å². The van der Waals surface area contributed by atoms with Gasteiger partial charge < -0.3 is 5.32 Å². The smallest absolute Gasteiger partial charge is 0.264 e. The van der Waals surface area contributed by atoms with Crippen molar-refractivity contribution >= 4 is 37.6 Å². The molecule has 0 unspecified atom stereocenters. The highest BCUT2D eigenvalue weighted by molar-refractivity contribution is 7.92. The third kappa shape index (κ3) is 6.88. The first kappa shape index (κ1) is 27.7. The topological polar surface area (TPSA) is 138 Å². The van der Waals surface area contributed by atoms with Crippen LogP contribution in [0.4, 0.5) is 11.6 Å². The highest BCUT2D eigenvalue weighted by Crippen LogP contribution is 2.20. The number of anilines is 2. The largest absolute Gasteiger partial charge is 0.322 e. The predicted octanol–water partition coefficient (Wildman–Crippen LogP) is 3.51. The molecule has 0 saturated carbocycles. The van der Waals surface area contributed by atoms with Gasteiger partial charge in [0.1, 0.15) is 0 Å². The molecule has 37 heavy (non-hydrogen) atoms. The van der Waals surface area contributed by atoms with E-state index in [1.54, 1.807) is 19.9 Å². The second-order valence-electron chi connectivity index (χ2n) is 7.98. The lowest BCUT2D eigenvalue weighted by Crippen LogP contribution is -2.31. The molecule has 0 aliphatic heterocycles. The molecule has 3 rings (SSSR count). The molecule has 0 spiro atoms. The van der Waals surface area contributed by atoms with Crippen molar-refractivity contribution in [1.29, 1.82) is 0 Å². The van der Waals surface area contributed by atoms with Gasteiger partial charge in [0, 0.05) is 35.7 Å². The standard InChI is InChI=1S/C25H27N5O5S2/c1-5-15-30(16-6-2)37(34,35)23-11-7-20(8-12-23)24(31)28-21-9-13-22(14-10-21)36(32,33)29-25-26-18(3)17-19(4)27-25/h5-14,17H,1-2,15-16H2,3-4H3,(H,28,31)(H,26,27,29). The summed E-state index contributed by atoms with van der Waals surface area (Å²) in [5, 5.41) is 2.66. The summed E-state index contributed by atoms with van der Waals surface area (Å²) in [5.74, 6) is -0.521. The molecule has 0 aliphatic rings. The van der Waals surface area contributed by atoms with Gasteiger partial charge in [-0.3, -0.25) is 4.79 Å². The summed E-state index contributed by atoms with van der Waals surface area (Å²) in [6.07, 6.45) is 2.96. The average Bonchev–Trinajstić information content (AvgIpc) is 2.83. The lowest BCUT2D eigenvalue weighted by molar-refractivity contribution is 0.102. The maximum absolute atomic E-state index is 12.8. The summed E-state index contributed by atoms with van der Waals surface area (Å²) in [6, 6.07) is 12.8. The van der Waals surface area contributed by atoms with Gasteiger partial charge in [0.2, 0.25) is 16.0 Å². The Balaban J connectivity index is 1.71. The molecule has 1 heterocycles. The second kappa shape index (κ2) is 11.5. The number of aromatic nitrogens is 2. The van der Waals surface area contributed by atoms with E-state index in [9.17, 15) is 21.6 Å². The van der Waals surface area contributed by atoms with Gasteiger partial charge in [0.25, 0.3) is 15.9 Å². The van der Waals surface area contributed by atoms with E-state index in [1.165, 1.54) is 65.0 Å². The first-order valence-corrected chi connectivity index (χ1v) is 14.0. The zero-order valence-corrected chi connectivity index (χ0v) is 22.0. The number of carbonyl (C=O) groups excluding carboxylic acids is 1. The van der Waals surface area contributed by atoms with Crippen molar-refractivity contribution < 1.29 is 21.6 Å². The highest BCUT2D eigenvalue weighted by atomic mass is 32.2. The van der Waals surface area contributed by atoms with Crippen LogP contribution in [0.15, 0.2) is 89.7 Å². The molecule has 0 radical (unpaired) electrons. The van der Waals surface area contributed by atoms with Crippen molar-refractivity contribution in [3.8, 4) is 0 Å². The van der Waals surface area contributed by atoms with E-state index in [2.05, 4.69) is 33.2 Å². The Labute approximate surface area is 216 Å². The van der Waals surface area contributed by atoms with Crippen molar-refractivity contribution in [3.05, 3.63) is 96.9 Å². The molecule has 1 amide bonds. The monoisotopic (exact) mass is 541 g/mol. The summed E-state index contributed by atoms with van der Waals surface area (Å²) >= 11 is 0. The number of nitrogens with zero attached hydrogens (tertiary/aromatic N) is 3. The second-order valence-corrected chi connectivity index (χ2v) is 11.6. The third-order valence-electron chi connectivity index (χ3n) is 5.05. The zero-order valence-electron chi connectivity index (χ0n) is 20.4. The van der Waals surface area contributed by atoms with Crippen LogP contribution in [0.2, 0.25) is 0 Å². The van der Waals surface area contributed by atoms with Crippen LogP contribution in [0.3, 0.4) is 0 Å². The van der Waals surface area contributed by atoms with Crippen molar-refractivity contribution in [2.24, 2.45) is 0 Å². The maximum atomic E-state index is 12.8. The van der Waals surface area contributed by atoms with Crippen LogP contribution in [0.1, 0.15) is 21.7 Å². The summed E-state index contributed by atoms with van der Waals surface area (Å²) < 4.78 is 54.5. The molecule has 0 saturated heterocycles. The number of benzene rings is 2. The summed E-state index contributed by atoms with van der Waals surface area (Å²) in [6.45, 7) is 10.9. The minimum absolute atomic E-state index is 0.0301. The molecular formula is C25H27N5O5S2. The van der Waals surface area contributed by atoms with Crippen LogP contribution < -0.4 is 10.0 Å². The van der Waals surface area contributed by atoms with Crippen molar-refractivity contribution in [2.45, 2.75) is 23.6 Å². The van der Waals surface area contributed by atoms with E-state index in [4.69, 9.17) is 0 Å². The van der Waals surface area contributed by atoms with Crippen molar-refractivity contribution in [1.82, 2.24) is 14.3 Å². The Bertz CT molecular complexity index is 1490. The fraction of sp³-hybridized carbons (Fsp3) is 0.160. The van der Waals surface area contributed by atoms with Gasteiger partial charge in [-0.05, 0) is 68.4 Å². The minimum Gasteiger partial charge on any atom is -0.322 e. The van der Waals surface area contributed by atoms with Gasteiger partial charge in [-0.15, -0.1) is 13.2 Å². The molecule has 0 bridgehead atoms. The normalized spacial score (nSPS) is 11.6. The number of sulfonamides is 2. The van der Waals surface area contributed by atoms with Crippen LogP contribution in [0.25, 0.3) is 0 Å². The molecule has 2 N–H and O–H groups in total.